The predicted octanol–water partition coefficient (Wildman–Crippen LogP) is 1.97. The zero-order valence-electron chi connectivity index (χ0n) is 10.5. The summed E-state index contributed by atoms with van der Waals surface area (Å²) in [6.07, 6.45) is -3.85. The van der Waals surface area contributed by atoms with Crippen molar-refractivity contribution in [3.63, 3.8) is 0 Å². The number of halogens is 3. The molecule has 0 aliphatic heterocycles. The van der Waals surface area contributed by atoms with Gasteiger partial charge in [0.1, 0.15) is 5.75 Å². The maximum absolute atomic E-state index is 11.9. The van der Waals surface area contributed by atoms with E-state index in [0.717, 1.165) is 6.08 Å². The summed E-state index contributed by atoms with van der Waals surface area (Å²) in [5.41, 5.74) is 0.619. The molecule has 0 bridgehead atoms. The molecule has 0 radical (unpaired) electrons. The van der Waals surface area contributed by atoms with Gasteiger partial charge in [-0.05, 0) is 23.8 Å². The first-order valence-corrected chi connectivity index (χ1v) is 5.28. The third-order valence-corrected chi connectivity index (χ3v) is 2.23. The zero-order chi connectivity index (χ0) is 14.5. The molecular formula is C13H13F3O4. The van der Waals surface area contributed by atoms with Gasteiger partial charge < -0.3 is 10.2 Å². The average Bonchev–Trinajstić information content (AvgIpc) is 2.35. The summed E-state index contributed by atoms with van der Waals surface area (Å²) in [5.74, 6) is -2.31. The second-order valence-electron chi connectivity index (χ2n) is 3.67. The first-order valence-electron chi connectivity index (χ1n) is 5.28. The monoisotopic (exact) mass is 290 g/mol. The lowest BCUT2D eigenvalue weighted by atomic mass is 10.1. The first-order chi connectivity index (χ1) is 8.82. The van der Waals surface area contributed by atoms with Gasteiger partial charge in [0.2, 0.25) is 5.78 Å². The number of carbonyl (C=O) groups is 2. The Morgan fingerprint density at radius 2 is 1.75 bits per heavy atom. The van der Waals surface area contributed by atoms with Crippen LogP contribution in [0.25, 0.3) is 6.08 Å². The van der Waals surface area contributed by atoms with Crippen LogP contribution in [0.1, 0.15) is 12.0 Å². The lowest BCUT2D eigenvalue weighted by Gasteiger charge is -2.02. The Hall–Kier alpha value is -2.15. The number of benzene rings is 1. The molecule has 0 atom stereocenters. The predicted molar refractivity (Wildman–Crippen MR) is 66.3 cm³/mol. The highest BCUT2D eigenvalue weighted by Gasteiger charge is 2.38. The number of hydrogen-bond donors (Lipinski definition) is 0. The Labute approximate surface area is 113 Å². The highest BCUT2D eigenvalue weighted by Crippen LogP contribution is 2.18. The highest BCUT2D eigenvalue weighted by atomic mass is 19.4. The van der Waals surface area contributed by atoms with Crippen molar-refractivity contribution < 1.29 is 33.0 Å². The van der Waals surface area contributed by atoms with Crippen LogP contribution in [0.15, 0.2) is 30.3 Å². The summed E-state index contributed by atoms with van der Waals surface area (Å²) in [6, 6.07) is 6.55. The van der Waals surface area contributed by atoms with Crippen molar-refractivity contribution in [3.8, 4) is 5.75 Å². The number of carbonyl (C=O) groups excluding carboxylic acids is 2. The van der Waals surface area contributed by atoms with Gasteiger partial charge in [-0.1, -0.05) is 18.2 Å². The second kappa shape index (κ2) is 7.44. The lowest BCUT2D eigenvalue weighted by Crippen LogP contribution is -2.24. The Balaban J connectivity index is 0.00000361. The molecule has 1 rings (SSSR count). The fraction of sp³-hybridized carbons (Fsp3) is 0.231. The SMILES string of the molecule is COc1ccc(/C=C/C(=O)CC(=O)C(F)(F)F)cc1.O. The van der Waals surface area contributed by atoms with Crippen LogP contribution in [-0.4, -0.2) is 30.3 Å². The largest absolute Gasteiger partial charge is 0.497 e. The van der Waals surface area contributed by atoms with Crippen molar-refractivity contribution in [2.75, 3.05) is 7.11 Å². The van der Waals surface area contributed by atoms with E-state index in [-0.39, 0.29) is 5.48 Å². The van der Waals surface area contributed by atoms with Crippen molar-refractivity contribution in [1.82, 2.24) is 0 Å². The number of methoxy groups -OCH3 is 1. The van der Waals surface area contributed by atoms with Gasteiger partial charge in [0.25, 0.3) is 0 Å². The van der Waals surface area contributed by atoms with Crippen LogP contribution >= 0.6 is 0 Å². The van der Waals surface area contributed by atoms with E-state index in [1.807, 2.05) is 0 Å². The molecule has 0 heterocycles. The third kappa shape index (κ3) is 5.66. The number of ketones is 2. The van der Waals surface area contributed by atoms with Crippen LogP contribution in [0, 0.1) is 0 Å². The molecule has 0 aliphatic carbocycles. The molecule has 1 aromatic rings. The molecule has 0 fully saturated rings. The molecule has 0 aliphatic rings. The molecule has 1 aromatic carbocycles. The number of hydrogen-bond acceptors (Lipinski definition) is 3. The number of ether oxygens (including phenoxy) is 1. The van der Waals surface area contributed by atoms with E-state index in [1.54, 1.807) is 24.3 Å². The van der Waals surface area contributed by atoms with Crippen LogP contribution in [0.2, 0.25) is 0 Å². The molecule has 110 valence electrons. The summed E-state index contributed by atoms with van der Waals surface area (Å²) >= 11 is 0. The van der Waals surface area contributed by atoms with Crippen LogP contribution in [0.3, 0.4) is 0 Å². The lowest BCUT2D eigenvalue weighted by molar-refractivity contribution is -0.171. The van der Waals surface area contributed by atoms with Crippen LogP contribution in [0.5, 0.6) is 5.75 Å². The number of Topliss-reactive ketones (excluding diaryl/α,β-unsaturated/α-hetero) is 1. The first kappa shape index (κ1) is 17.8. The number of alkyl halides is 3. The number of allylic oxidation sites excluding steroid dienone is 1. The second-order valence-corrected chi connectivity index (χ2v) is 3.67. The Morgan fingerprint density at radius 3 is 2.20 bits per heavy atom. The standard InChI is InChI=1S/C13H11F3O3.H2O/c1-19-11-6-3-9(4-7-11)2-5-10(17)8-12(18)13(14,15)16;/h2-7H,8H2,1H3;1H2/b5-2+;. The molecule has 0 amide bonds. The Bertz CT molecular complexity index is 489. The van der Waals surface area contributed by atoms with E-state index in [1.165, 1.54) is 13.2 Å². The normalized spacial score (nSPS) is 11.0. The van der Waals surface area contributed by atoms with Gasteiger partial charge in [-0.15, -0.1) is 0 Å². The van der Waals surface area contributed by atoms with E-state index in [2.05, 4.69) is 0 Å². The van der Waals surface area contributed by atoms with Crippen molar-refractivity contribution in [2.45, 2.75) is 12.6 Å². The highest BCUT2D eigenvalue weighted by molar-refractivity contribution is 6.07. The van der Waals surface area contributed by atoms with Crippen molar-refractivity contribution in [2.24, 2.45) is 0 Å². The average molecular weight is 290 g/mol. The fourth-order valence-electron chi connectivity index (χ4n) is 1.22. The van der Waals surface area contributed by atoms with E-state index in [4.69, 9.17) is 4.74 Å². The molecule has 2 N–H and O–H groups in total. The minimum atomic E-state index is -4.97. The molecule has 7 heteroatoms. The van der Waals surface area contributed by atoms with Gasteiger partial charge in [-0.25, -0.2) is 0 Å². The van der Waals surface area contributed by atoms with Crippen molar-refractivity contribution in [3.05, 3.63) is 35.9 Å². The van der Waals surface area contributed by atoms with Crippen LogP contribution in [-0.2, 0) is 9.59 Å². The van der Waals surface area contributed by atoms with Gasteiger partial charge >= 0.3 is 6.18 Å². The third-order valence-electron chi connectivity index (χ3n) is 2.23. The minimum absolute atomic E-state index is 0. The van der Waals surface area contributed by atoms with Crippen LogP contribution in [0.4, 0.5) is 13.2 Å². The zero-order valence-corrected chi connectivity index (χ0v) is 10.5. The van der Waals surface area contributed by atoms with Gasteiger partial charge in [-0.2, -0.15) is 13.2 Å². The molecular weight excluding hydrogens is 277 g/mol. The molecule has 0 saturated heterocycles. The van der Waals surface area contributed by atoms with Gasteiger partial charge in [0.05, 0.1) is 13.5 Å². The van der Waals surface area contributed by atoms with E-state index < -0.39 is 24.2 Å². The van der Waals surface area contributed by atoms with Crippen LogP contribution < -0.4 is 4.74 Å². The smallest absolute Gasteiger partial charge is 0.450 e. The summed E-state index contributed by atoms with van der Waals surface area (Å²) < 4.78 is 40.7. The van der Waals surface area contributed by atoms with E-state index in [9.17, 15) is 22.8 Å². The molecule has 4 nitrogen and oxygen atoms in total. The molecule has 0 spiro atoms. The quantitative estimate of drug-likeness (QED) is 0.614. The van der Waals surface area contributed by atoms with Crippen molar-refractivity contribution in [1.29, 1.82) is 0 Å². The minimum Gasteiger partial charge on any atom is -0.497 e. The summed E-state index contributed by atoms with van der Waals surface area (Å²) in [5, 5.41) is 0. The van der Waals surface area contributed by atoms with Gasteiger partial charge in [0.15, 0.2) is 5.78 Å². The Kier molecular flexibility index (Phi) is 6.64. The van der Waals surface area contributed by atoms with E-state index >= 15 is 0 Å². The fourth-order valence-corrected chi connectivity index (χ4v) is 1.22. The van der Waals surface area contributed by atoms with Crippen molar-refractivity contribution >= 4 is 17.6 Å². The van der Waals surface area contributed by atoms with Gasteiger partial charge in [0, 0.05) is 0 Å². The molecule has 0 saturated carbocycles. The molecule has 0 aromatic heterocycles. The number of rotatable bonds is 5. The maximum Gasteiger partial charge on any atom is 0.450 e. The van der Waals surface area contributed by atoms with E-state index in [0.29, 0.717) is 11.3 Å². The topological polar surface area (TPSA) is 74.9 Å². The Morgan fingerprint density at radius 1 is 1.20 bits per heavy atom. The summed E-state index contributed by atoms with van der Waals surface area (Å²) in [4.78, 5) is 21.7. The molecule has 0 unspecified atom stereocenters. The summed E-state index contributed by atoms with van der Waals surface area (Å²) in [7, 11) is 1.50. The molecule has 20 heavy (non-hydrogen) atoms. The van der Waals surface area contributed by atoms with Gasteiger partial charge in [-0.3, -0.25) is 9.59 Å². The maximum atomic E-state index is 11.9. The summed E-state index contributed by atoms with van der Waals surface area (Å²) in [6.45, 7) is 0.